The van der Waals surface area contributed by atoms with Crippen molar-refractivity contribution in [2.75, 3.05) is 18.1 Å². The largest absolute Gasteiger partial charge is 0.462 e. The molecule has 0 aromatic carbocycles. The molecular weight excluding hydrogens is 220 g/mol. The highest BCUT2D eigenvalue weighted by Crippen LogP contribution is 2.29. The maximum Gasteiger partial charge on any atom is 0.342 e. The highest BCUT2D eigenvalue weighted by Gasteiger charge is 2.22. The average Bonchev–Trinajstić information content (AvgIpc) is 2.17. The molecule has 5 nitrogen and oxygen atoms in total. The molecule has 1 aromatic rings. The number of carbonyl (C=O) groups excluding carboxylic acids is 1. The first-order chi connectivity index (χ1) is 7.49. The number of hydrogen-bond donors (Lipinski definition) is 2. The number of nitrogens with zero attached hydrogens (tertiary/aromatic N) is 1. The van der Waals surface area contributed by atoms with Crippen molar-refractivity contribution in [3.8, 4) is 0 Å². The number of carbonyl (C=O) groups is 1. The highest BCUT2D eigenvalue weighted by molar-refractivity contribution is 6.00. The molecular formula is C9H11F2N3O2. The summed E-state index contributed by atoms with van der Waals surface area (Å²) in [7, 11) is 0. The van der Waals surface area contributed by atoms with E-state index in [-0.39, 0.29) is 17.9 Å². The van der Waals surface area contributed by atoms with Crippen LogP contribution >= 0.6 is 0 Å². The molecule has 0 amide bonds. The summed E-state index contributed by atoms with van der Waals surface area (Å²) in [5.74, 6) is -0.832. The fraction of sp³-hybridized carbons (Fsp3) is 0.333. The molecule has 0 radical (unpaired) electrons. The fourth-order valence-corrected chi connectivity index (χ4v) is 1.16. The van der Waals surface area contributed by atoms with E-state index in [1.54, 1.807) is 6.92 Å². The average molecular weight is 231 g/mol. The van der Waals surface area contributed by atoms with Crippen LogP contribution in [0.15, 0.2) is 6.20 Å². The summed E-state index contributed by atoms with van der Waals surface area (Å²) >= 11 is 0. The molecule has 88 valence electrons. The number of hydrogen-bond acceptors (Lipinski definition) is 5. The van der Waals surface area contributed by atoms with Crippen LogP contribution in [0.5, 0.6) is 0 Å². The van der Waals surface area contributed by atoms with Gasteiger partial charge in [0.25, 0.3) is 6.43 Å². The SMILES string of the molecule is CCOC(=O)c1c(N)cnc(C(F)F)c1N. The molecule has 0 atom stereocenters. The number of pyridine rings is 1. The third-order valence-corrected chi connectivity index (χ3v) is 1.86. The van der Waals surface area contributed by atoms with Gasteiger partial charge in [0.1, 0.15) is 11.3 Å². The molecule has 0 bridgehead atoms. The number of halogens is 2. The lowest BCUT2D eigenvalue weighted by Gasteiger charge is -2.11. The molecule has 0 spiro atoms. The van der Waals surface area contributed by atoms with Crippen molar-refractivity contribution in [1.29, 1.82) is 0 Å². The van der Waals surface area contributed by atoms with Gasteiger partial charge in [-0.3, -0.25) is 4.98 Å². The molecule has 0 saturated carbocycles. The van der Waals surface area contributed by atoms with Crippen molar-refractivity contribution in [3.05, 3.63) is 17.5 Å². The van der Waals surface area contributed by atoms with Crippen molar-refractivity contribution >= 4 is 17.3 Å². The topological polar surface area (TPSA) is 91.2 Å². The van der Waals surface area contributed by atoms with E-state index < -0.39 is 23.8 Å². The van der Waals surface area contributed by atoms with Gasteiger partial charge in [-0.15, -0.1) is 0 Å². The van der Waals surface area contributed by atoms with Gasteiger partial charge in [-0.25, -0.2) is 13.6 Å². The maximum atomic E-state index is 12.5. The summed E-state index contributed by atoms with van der Waals surface area (Å²) in [4.78, 5) is 14.8. The molecule has 4 N–H and O–H groups in total. The van der Waals surface area contributed by atoms with Crippen LogP contribution in [-0.2, 0) is 4.74 Å². The van der Waals surface area contributed by atoms with Crippen LogP contribution in [0.4, 0.5) is 20.2 Å². The van der Waals surface area contributed by atoms with Crippen molar-refractivity contribution in [3.63, 3.8) is 0 Å². The Morgan fingerprint density at radius 2 is 2.19 bits per heavy atom. The van der Waals surface area contributed by atoms with Crippen LogP contribution in [-0.4, -0.2) is 17.6 Å². The molecule has 7 heteroatoms. The third kappa shape index (κ3) is 2.18. The van der Waals surface area contributed by atoms with Crippen LogP contribution in [0.3, 0.4) is 0 Å². The van der Waals surface area contributed by atoms with E-state index in [9.17, 15) is 13.6 Å². The van der Waals surface area contributed by atoms with E-state index >= 15 is 0 Å². The standard InChI is InChI=1S/C9H11F2N3O2/c1-2-16-9(15)5-4(12)3-14-7(6(5)13)8(10)11/h3,8H,2,12-13H2,1H3. The van der Waals surface area contributed by atoms with Crippen molar-refractivity contribution in [1.82, 2.24) is 4.98 Å². The summed E-state index contributed by atoms with van der Waals surface area (Å²) < 4.78 is 29.6. The summed E-state index contributed by atoms with van der Waals surface area (Å²) in [5, 5.41) is 0. The van der Waals surface area contributed by atoms with E-state index in [1.165, 1.54) is 0 Å². The lowest BCUT2D eigenvalue weighted by atomic mass is 10.1. The van der Waals surface area contributed by atoms with Gasteiger partial charge < -0.3 is 16.2 Å². The third-order valence-electron chi connectivity index (χ3n) is 1.86. The smallest absolute Gasteiger partial charge is 0.342 e. The van der Waals surface area contributed by atoms with E-state index in [2.05, 4.69) is 9.72 Å². The minimum absolute atomic E-state index is 0.0830. The molecule has 0 aliphatic heterocycles. The Bertz CT molecular complexity index is 410. The molecule has 1 rings (SSSR count). The lowest BCUT2D eigenvalue weighted by molar-refractivity contribution is 0.0528. The second-order valence-corrected chi connectivity index (χ2v) is 2.91. The first-order valence-electron chi connectivity index (χ1n) is 4.48. The molecule has 16 heavy (non-hydrogen) atoms. The van der Waals surface area contributed by atoms with Crippen molar-refractivity contribution in [2.45, 2.75) is 13.3 Å². The van der Waals surface area contributed by atoms with Gasteiger partial charge in [0, 0.05) is 0 Å². The van der Waals surface area contributed by atoms with Gasteiger partial charge in [0.05, 0.1) is 24.2 Å². The van der Waals surface area contributed by atoms with Crippen LogP contribution in [0.1, 0.15) is 29.4 Å². The Hall–Kier alpha value is -1.92. The number of rotatable bonds is 3. The monoisotopic (exact) mass is 231 g/mol. The Morgan fingerprint density at radius 1 is 1.56 bits per heavy atom. The van der Waals surface area contributed by atoms with Crippen LogP contribution in [0, 0.1) is 0 Å². The van der Waals surface area contributed by atoms with Gasteiger partial charge in [-0.2, -0.15) is 0 Å². The summed E-state index contributed by atoms with van der Waals surface area (Å²) in [6.45, 7) is 1.68. The van der Waals surface area contributed by atoms with Crippen molar-refractivity contribution < 1.29 is 18.3 Å². The minimum Gasteiger partial charge on any atom is -0.462 e. The zero-order chi connectivity index (χ0) is 12.3. The zero-order valence-electron chi connectivity index (χ0n) is 8.54. The number of nitrogen functional groups attached to an aromatic ring is 2. The van der Waals surface area contributed by atoms with Crippen LogP contribution < -0.4 is 11.5 Å². The maximum absolute atomic E-state index is 12.5. The Balaban J connectivity index is 3.26. The van der Waals surface area contributed by atoms with E-state index in [1.807, 2.05) is 0 Å². The van der Waals surface area contributed by atoms with Gasteiger partial charge in [0.15, 0.2) is 0 Å². The molecule has 0 unspecified atom stereocenters. The second kappa shape index (κ2) is 4.73. The number of nitrogens with two attached hydrogens (primary N) is 2. The molecule has 1 aromatic heterocycles. The van der Waals surface area contributed by atoms with E-state index in [0.717, 1.165) is 6.20 Å². The van der Waals surface area contributed by atoms with Crippen LogP contribution in [0.2, 0.25) is 0 Å². The molecule has 0 aliphatic rings. The first kappa shape index (κ1) is 12.2. The van der Waals surface area contributed by atoms with Gasteiger partial charge in [-0.05, 0) is 6.92 Å². The van der Waals surface area contributed by atoms with Gasteiger partial charge >= 0.3 is 5.97 Å². The fourth-order valence-electron chi connectivity index (χ4n) is 1.16. The Kier molecular flexibility index (Phi) is 3.60. The molecule has 0 aliphatic carbocycles. The van der Waals surface area contributed by atoms with Gasteiger partial charge in [0.2, 0.25) is 0 Å². The normalized spacial score (nSPS) is 10.5. The summed E-state index contributed by atoms with van der Waals surface area (Å²) in [5.41, 5.74) is 9.38. The number of alkyl halides is 2. The van der Waals surface area contributed by atoms with E-state index in [4.69, 9.17) is 11.5 Å². The second-order valence-electron chi connectivity index (χ2n) is 2.91. The minimum atomic E-state index is -2.87. The summed E-state index contributed by atoms with van der Waals surface area (Å²) in [6, 6.07) is 0. The summed E-state index contributed by atoms with van der Waals surface area (Å²) in [6.07, 6.45) is -1.90. The number of anilines is 2. The molecule has 0 fully saturated rings. The predicted octanol–water partition coefficient (Wildman–Crippen LogP) is 1.36. The number of ether oxygens (including phenoxy) is 1. The lowest BCUT2D eigenvalue weighted by Crippen LogP contribution is -2.14. The molecule has 1 heterocycles. The predicted molar refractivity (Wildman–Crippen MR) is 54.0 cm³/mol. The van der Waals surface area contributed by atoms with E-state index in [0.29, 0.717) is 0 Å². The first-order valence-corrected chi connectivity index (χ1v) is 4.48. The van der Waals surface area contributed by atoms with Crippen LogP contribution in [0.25, 0.3) is 0 Å². The Labute approximate surface area is 90.4 Å². The molecule has 0 saturated heterocycles. The van der Waals surface area contributed by atoms with Gasteiger partial charge in [-0.1, -0.05) is 0 Å². The number of esters is 1. The number of aromatic nitrogens is 1. The van der Waals surface area contributed by atoms with Crippen molar-refractivity contribution in [2.24, 2.45) is 0 Å². The Morgan fingerprint density at radius 3 is 2.69 bits per heavy atom. The zero-order valence-corrected chi connectivity index (χ0v) is 8.54. The highest BCUT2D eigenvalue weighted by atomic mass is 19.3. The quantitative estimate of drug-likeness (QED) is 0.766.